The van der Waals surface area contributed by atoms with Gasteiger partial charge in [-0.1, -0.05) is 6.92 Å². The number of hydrogen-bond acceptors (Lipinski definition) is 2. The monoisotopic (exact) mass is 280 g/mol. The molecule has 0 spiro atoms. The van der Waals surface area contributed by atoms with E-state index in [9.17, 15) is 18.0 Å². The molecule has 1 aromatic rings. The van der Waals surface area contributed by atoms with Crippen molar-refractivity contribution in [2.45, 2.75) is 24.9 Å². The van der Waals surface area contributed by atoms with Crippen LogP contribution >= 0.6 is 11.6 Å². The summed E-state index contributed by atoms with van der Waals surface area (Å²) in [6, 6.07) is 2.76. The Hall–Kier alpha value is -1.23. The van der Waals surface area contributed by atoms with Crippen molar-refractivity contribution in [3.63, 3.8) is 0 Å². The molecule has 0 heterocycles. The van der Waals surface area contributed by atoms with Crippen molar-refractivity contribution in [1.82, 2.24) is 0 Å². The zero-order valence-corrected chi connectivity index (χ0v) is 10.6. The van der Waals surface area contributed by atoms with Crippen LogP contribution in [0.4, 0.5) is 13.2 Å². The summed E-state index contributed by atoms with van der Waals surface area (Å²) in [5, 5.41) is -0.859. The van der Waals surface area contributed by atoms with Crippen LogP contribution in [0.25, 0.3) is 0 Å². The topological polar surface area (TPSA) is 26.3 Å². The molecule has 0 N–H and O–H groups in total. The lowest BCUT2D eigenvalue weighted by Gasteiger charge is -2.13. The van der Waals surface area contributed by atoms with Crippen LogP contribution in [0.15, 0.2) is 18.2 Å². The van der Waals surface area contributed by atoms with Crippen LogP contribution in [-0.2, 0) is 6.18 Å². The van der Waals surface area contributed by atoms with Crippen LogP contribution in [-0.4, -0.2) is 18.3 Å². The molecule has 6 heteroatoms. The van der Waals surface area contributed by atoms with Crippen molar-refractivity contribution >= 4 is 17.4 Å². The molecule has 1 rings (SSSR count). The molecule has 0 bridgehead atoms. The maximum Gasteiger partial charge on any atom is 0.416 e. The molecule has 0 radical (unpaired) electrons. The summed E-state index contributed by atoms with van der Waals surface area (Å²) in [5.74, 6) is -0.478. The minimum Gasteiger partial charge on any atom is -0.496 e. The van der Waals surface area contributed by atoms with Crippen molar-refractivity contribution in [2.24, 2.45) is 0 Å². The van der Waals surface area contributed by atoms with Gasteiger partial charge in [-0.2, -0.15) is 13.2 Å². The molecule has 0 amide bonds. The number of alkyl halides is 4. The molecule has 0 aliphatic rings. The van der Waals surface area contributed by atoms with E-state index < -0.39 is 22.9 Å². The van der Waals surface area contributed by atoms with E-state index in [4.69, 9.17) is 16.3 Å². The Bertz CT molecular complexity index is 443. The van der Waals surface area contributed by atoms with E-state index in [1.54, 1.807) is 6.92 Å². The Balaban J connectivity index is 3.27. The number of Topliss-reactive ketones (excluding diaryl/α,β-unsaturated/α-hetero) is 1. The molecule has 0 saturated heterocycles. The van der Waals surface area contributed by atoms with Crippen LogP contribution in [0.1, 0.15) is 29.3 Å². The number of halogens is 4. The maximum absolute atomic E-state index is 12.6. The van der Waals surface area contributed by atoms with Gasteiger partial charge in [0.1, 0.15) is 5.75 Å². The van der Waals surface area contributed by atoms with Crippen LogP contribution in [0.5, 0.6) is 5.75 Å². The smallest absolute Gasteiger partial charge is 0.416 e. The highest BCUT2D eigenvalue weighted by Gasteiger charge is 2.32. The third-order valence-corrected chi connectivity index (χ3v) is 2.94. The van der Waals surface area contributed by atoms with Crippen molar-refractivity contribution < 1.29 is 22.7 Å². The average Bonchev–Trinajstić information content (AvgIpc) is 2.35. The molecular weight excluding hydrogens is 269 g/mol. The Morgan fingerprint density at radius 1 is 1.44 bits per heavy atom. The van der Waals surface area contributed by atoms with Gasteiger partial charge < -0.3 is 4.74 Å². The van der Waals surface area contributed by atoms with Crippen LogP contribution < -0.4 is 4.74 Å². The lowest BCUT2D eigenvalue weighted by atomic mass is 10.0. The SMILES string of the molecule is CCC(Cl)C(=O)c1cc(C(F)(F)F)ccc1OC. The van der Waals surface area contributed by atoms with Gasteiger partial charge in [-0.05, 0) is 24.6 Å². The second-order valence-corrected chi connectivity index (χ2v) is 4.18. The third kappa shape index (κ3) is 3.16. The van der Waals surface area contributed by atoms with Crippen molar-refractivity contribution in [1.29, 1.82) is 0 Å². The Morgan fingerprint density at radius 3 is 2.50 bits per heavy atom. The fourth-order valence-corrected chi connectivity index (χ4v) is 1.55. The summed E-state index contributed by atoms with van der Waals surface area (Å²) in [7, 11) is 1.29. The number of hydrogen-bond donors (Lipinski definition) is 0. The first kappa shape index (κ1) is 14.8. The van der Waals surface area contributed by atoms with E-state index in [1.165, 1.54) is 7.11 Å². The number of ketones is 1. The molecule has 0 saturated carbocycles. The largest absolute Gasteiger partial charge is 0.496 e. The molecule has 1 aromatic carbocycles. The molecule has 0 aromatic heterocycles. The highest BCUT2D eigenvalue weighted by molar-refractivity contribution is 6.34. The van der Waals surface area contributed by atoms with Crippen molar-refractivity contribution in [3.05, 3.63) is 29.3 Å². The van der Waals surface area contributed by atoms with Gasteiger partial charge in [0, 0.05) is 0 Å². The van der Waals surface area contributed by atoms with E-state index in [1.807, 2.05) is 0 Å². The minimum absolute atomic E-state index is 0.0899. The van der Waals surface area contributed by atoms with Gasteiger partial charge in [-0.3, -0.25) is 4.79 Å². The molecular formula is C12H12ClF3O2. The summed E-state index contributed by atoms with van der Waals surface area (Å²) >= 11 is 5.76. The minimum atomic E-state index is -4.50. The number of methoxy groups -OCH3 is 1. The summed E-state index contributed by atoms with van der Waals surface area (Å²) in [6.45, 7) is 1.68. The van der Waals surface area contributed by atoms with Crippen molar-refractivity contribution in [3.8, 4) is 5.75 Å². The van der Waals surface area contributed by atoms with E-state index in [-0.39, 0.29) is 11.3 Å². The maximum atomic E-state index is 12.6. The molecule has 0 fully saturated rings. The summed E-state index contributed by atoms with van der Waals surface area (Å²) in [6.07, 6.45) is -4.17. The average molecular weight is 281 g/mol. The normalized spacial score (nSPS) is 13.2. The van der Waals surface area contributed by atoms with Gasteiger partial charge >= 0.3 is 6.18 Å². The third-order valence-electron chi connectivity index (χ3n) is 2.44. The number of carbonyl (C=O) groups is 1. The lowest BCUT2D eigenvalue weighted by Crippen LogP contribution is -2.16. The number of carbonyl (C=O) groups excluding carboxylic acids is 1. The number of benzene rings is 1. The van der Waals surface area contributed by atoms with Gasteiger partial charge in [0.25, 0.3) is 0 Å². The highest BCUT2D eigenvalue weighted by Crippen LogP contribution is 2.33. The highest BCUT2D eigenvalue weighted by atomic mass is 35.5. The van der Waals surface area contributed by atoms with Crippen LogP contribution in [0, 0.1) is 0 Å². The fourth-order valence-electron chi connectivity index (χ4n) is 1.43. The van der Waals surface area contributed by atoms with Gasteiger partial charge in [0.15, 0.2) is 5.78 Å². The second kappa shape index (κ2) is 5.61. The molecule has 0 aliphatic carbocycles. The first-order chi connectivity index (χ1) is 8.31. The molecule has 0 aliphatic heterocycles. The predicted molar refractivity (Wildman–Crippen MR) is 62.3 cm³/mol. The Labute approximate surface area is 108 Å². The molecule has 18 heavy (non-hydrogen) atoms. The first-order valence-electron chi connectivity index (χ1n) is 5.24. The van der Waals surface area contributed by atoms with Crippen LogP contribution in [0.2, 0.25) is 0 Å². The Kier molecular flexibility index (Phi) is 4.62. The molecule has 100 valence electrons. The standard InChI is InChI=1S/C12H12ClF3O2/c1-3-9(13)11(17)8-6-7(12(14,15)16)4-5-10(8)18-2/h4-6,9H,3H2,1-2H3. The summed E-state index contributed by atoms with van der Waals surface area (Å²) < 4.78 is 42.6. The van der Waals surface area contributed by atoms with E-state index >= 15 is 0 Å². The second-order valence-electron chi connectivity index (χ2n) is 3.65. The van der Waals surface area contributed by atoms with Crippen molar-refractivity contribution in [2.75, 3.05) is 7.11 Å². The molecule has 1 unspecified atom stereocenters. The van der Waals surface area contributed by atoms with Crippen LogP contribution in [0.3, 0.4) is 0 Å². The quantitative estimate of drug-likeness (QED) is 0.617. The van der Waals surface area contributed by atoms with E-state index in [0.717, 1.165) is 18.2 Å². The number of ether oxygens (including phenoxy) is 1. The first-order valence-corrected chi connectivity index (χ1v) is 5.68. The molecule has 1 atom stereocenters. The Morgan fingerprint density at radius 2 is 2.06 bits per heavy atom. The van der Waals surface area contributed by atoms with Gasteiger partial charge in [-0.15, -0.1) is 11.6 Å². The molecule has 2 nitrogen and oxygen atoms in total. The zero-order chi connectivity index (χ0) is 13.9. The summed E-state index contributed by atoms with van der Waals surface area (Å²) in [5.41, 5.74) is -1.04. The number of rotatable bonds is 4. The summed E-state index contributed by atoms with van der Waals surface area (Å²) in [4.78, 5) is 11.9. The van der Waals surface area contributed by atoms with Gasteiger partial charge in [0.2, 0.25) is 0 Å². The van der Waals surface area contributed by atoms with E-state index in [0.29, 0.717) is 6.42 Å². The predicted octanol–water partition coefficient (Wildman–Crippen LogP) is 3.91. The van der Waals surface area contributed by atoms with Gasteiger partial charge in [0.05, 0.1) is 23.6 Å². The fraction of sp³-hybridized carbons (Fsp3) is 0.417. The van der Waals surface area contributed by atoms with E-state index in [2.05, 4.69) is 0 Å². The lowest BCUT2D eigenvalue weighted by molar-refractivity contribution is -0.137. The van der Waals surface area contributed by atoms with Gasteiger partial charge in [-0.25, -0.2) is 0 Å². The zero-order valence-electron chi connectivity index (χ0n) is 9.84.